The summed E-state index contributed by atoms with van der Waals surface area (Å²) in [4.78, 5) is 15.2. The van der Waals surface area contributed by atoms with Gasteiger partial charge in [-0.2, -0.15) is 0 Å². The largest absolute Gasteiger partial charge is 0.478 e. The first-order valence-corrected chi connectivity index (χ1v) is 6.13. The molecule has 0 atom stereocenters. The molecule has 1 aromatic carbocycles. The fourth-order valence-corrected chi connectivity index (χ4v) is 1.92. The van der Waals surface area contributed by atoms with Crippen LogP contribution in [0.4, 0.5) is 5.69 Å². The van der Waals surface area contributed by atoms with Crippen molar-refractivity contribution < 1.29 is 9.90 Å². The maximum Gasteiger partial charge on any atom is 0.335 e. The number of rotatable bonds is 4. The number of carboxylic acid groups (broad SMARTS) is 1. The number of hydrogen-bond acceptors (Lipinski definition) is 3. The van der Waals surface area contributed by atoms with Crippen LogP contribution in [0.5, 0.6) is 0 Å². The molecule has 4 nitrogen and oxygen atoms in total. The second kappa shape index (κ2) is 5.71. The number of anilines is 1. The average Bonchev–Trinajstić information content (AvgIpc) is 2.37. The van der Waals surface area contributed by atoms with E-state index in [1.807, 2.05) is 25.1 Å². The first-order valence-electron chi connectivity index (χ1n) is 5.75. The summed E-state index contributed by atoms with van der Waals surface area (Å²) in [5.74, 6) is -0.992. The lowest BCUT2D eigenvalue weighted by atomic mass is 10.2. The topological polar surface area (TPSA) is 62.2 Å². The third-order valence-electron chi connectivity index (χ3n) is 2.62. The monoisotopic (exact) mass is 276 g/mol. The van der Waals surface area contributed by atoms with Gasteiger partial charge in [-0.15, -0.1) is 0 Å². The first-order chi connectivity index (χ1) is 9.06. The smallest absolute Gasteiger partial charge is 0.335 e. The van der Waals surface area contributed by atoms with Crippen molar-refractivity contribution in [3.8, 4) is 0 Å². The molecule has 0 aliphatic heterocycles. The molecule has 2 aromatic rings. The van der Waals surface area contributed by atoms with Crippen molar-refractivity contribution in [2.24, 2.45) is 0 Å². The minimum atomic E-state index is -0.992. The fourth-order valence-electron chi connectivity index (χ4n) is 1.68. The van der Waals surface area contributed by atoms with E-state index in [1.165, 1.54) is 12.1 Å². The van der Waals surface area contributed by atoms with Crippen molar-refractivity contribution in [1.29, 1.82) is 0 Å². The Morgan fingerprint density at radius 3 is 2.79 bits per heavy atom. The molecule has 2 rings (SSSR count). The van der Waals surface area contributed by atoms with Crippen molar-refractivity contribution >= 4 is 23.3 Å². The summed E-state index contributed by atoms with van der Waals surface area (Å²) in [6.45, 7) is 2.46. The Labute approximate surface area is 116 Å². The molecule has 0 saturated carbocycles. The van der Waals surface area contributed by atoms with Gasteiger partial charge in [-0.05, 0) is 37.3 Å². The Morgan fingerprint density at radius 1 is 1.37 bits per heavy atom. The summed E-state index contributed by atoms with van der Waals surface area (Å²) in [7, 11) is 0. The van der Waals surface area contributed by atoms with Crippen LogP contribution in [0.2, 0.25) is 5.02 Å². The van der Waals surface area contributed by atoms with Gasteiger partial charge in [-0.3, -0.25) is 4.98 Å². The highest BCUT2D eigenvalue weighted by Crippen LogP contribution is 2.23. The molecule has 0 aliphatic carbocycles. The number of halogens is 1. The lowest BCUT2D eigenvalue weighted by Gasteiger charge is -2.09. The zero-order chi connectivity index (χ0) is 13.8. The van der Waals surface area contributed by atoms with Crippen LogP contribution >= 0.6 is 11.6 Å². The second-order valence-electron chi connectivity index (χ2n) is 4.12. The molecule has 0 aliphatic rings. The molecule has 0 radical (unpaired) electrons. The summed E-state index contributed by atoms with van der Waals surface area (Å²) in [5, 5.41) is 12.4. The number of pyridine rings is 1. The highest BCUT2D eigenvalue weighted by molar-refractivity contribution is 6.33. The predicted octanol–water partition coefficient (Wildman–Crippen LogP) is 3.35. The van der Waals surface area contributed by atoms with Crippen LogP contribution in [0, 0.1) is 6.92 Å². The van der Waals surface area contributed by atoms with E-state index in [4.69, 9.17) is 16.7 Å². The third kappa shape index (κ3) is 3.45. The van der Waals surface area contributed by atoms with Gasteiger partial charge in [-0.25, -0.2) is 4.79 Å². The highest BCUT2D eigenvalue weighted by Gasteiger charge is 2.07. The van der Waals surface area contributed by atoms with Crippen LogP contribution in [-0.4, -0.2) is 16.1 Å². The summed E-state index contributed by atoms with van der Waals surface area (Å²) in [6, 6.07) is 10.4. The van der Waals surface area contributed by atoms with Gasteiger partial charge in [-0.1, -0.05) is 17.7 Å². The van der Waals surface area contributed by atoms with Gasteiger partial charge in [0.15, 0.2) is 0 Å². The number of aryl methyl sites for hydroxylation is 1. The number of carbonyl (C=O) groups is 1. The zero-order valence-corrected chi connectivity index (χ0v) is 11.1. The van der Waals surface area contributed by atoms with Crippen molar-refractivity contribution in [1.82, 2.24) is 4.98 Å². The maximum absolute atomic E-state index is 10.8. The highest BCUT2D eigenvalue weighted by atomic mass is 35.5. The standard InChI is InChI=1S/C14H13ClN2O2/c1-9-3-2-4-11(17-9)8-16-13-6-5-10(14(18)19)7-12(13)15/h2-7,16H,8H2,1H3,(H,18,19). The quantitative estimate of drug-likeness (QED) is 0.899. The molecule has 0 bridgehead atoms. The number of aromatic carboxylic acids is 1. The van der Waals surface area contributed by atoms with Crippen LogP contribution in [0.25, 0.3) is 0 Å². The van der Waals surface area contributed by atoms with Gasteiger partial charge in [0.05, 0.1) is 28.5 Å². The lowest BCUT2D eigenvalue weighted by Crippen LogP contribution is -2.03. The molecule has 0 saturated heterocycles. The van der Waals surface area contributed by atoms with Crippen LogP contribution < -0.4 is 5.32 Å². The molecule has 5 heteroatoms. The number of aromatic nitrogens is 1. The van der Waals surface area contributed by atoms with Crippen LogP contribution in [0.1, 0.15) is 21.7 Å². The fraction of sp³-hybridized carbons (Fsp3) is 0.143. The van der Waals surface area contributed by atoms with Gasteiger partial charge >= 0.3 is 5.97 Å². The molecule has 0 spiro atoms. The summed E-state index contributed by atoms with van der Waals surface area (Å²) >= 11 is 6.02. The number of nitrogens with one attached hydrogen (secondary N) is 1. The molecular formula is C14H13ClN2O2. The van der Waals surface area contributed by atoms with E-state index in [1.54, 1.807) is 6.07 Å². The van der Waals surface area contributed by atoms with E-state index >= 15 is 0 Å². The minimum absolute atomic E-state index is 0.171. The summed E-state index contributed by atoms with van der Waals surface area (Å²) < 4.78 is 0. The first kappa shape index (κ1) is 13.4. The number of nitrogens with zero attached hydrogens (tertiary/aromatic N) is 1. The van der Waals surface area contributed by atoms with E-state index < -0.39 is 5.97 Å². The van der Waals surface area contributed by atoms with Crippen LogP contribution in [0.15, 0.2) is 36.4 Å². The molecule has 1 heterocycles. The Hall–Kier alpha value is -2.07. The Balaban J connectivity index is 2.10. The number of benzene rings is 1. The van der Waals surface area contributed by atoms with Gasteiger partial charge in [0.1, 0.15) is 0 Å². The molecule has 0 amide bonds. The van der Waals surface area contributed by atoms with E-state index in [0.717, 1.165) is 11.4 Å². The van der Waals surface area contributed by atoms with Gasteiger partial charge < -0.3 is 10.4 Å². The normalized spacial score (nSPS) is 10.2. The molecule has 0 unspecified atom stereocenters. The predicted molar refractivity (Wildman–Crippen MR) is 74.7 cm³/mol. The Kier molecular flexibility index (Phi) is 4.02. The SMILES string of the molecule is Cc1cccc(CNc2ccc(C(=O)O)cc2Cl)n1. The van der Waals surface area contributed by atoms with Crippen LogP contribution in [-0.2, 0) is 6.54 Å². The molecular weight excluding hydrogens is 264 g/mol. The molecule has 1 aromatic heterocycles. The van der Waals surface area contributed by atoms with Crippen molar-refractivity contribution in [3.05, 3.63) is 58.4 Å². The Bertz CT molecular complexity index is 614. The van der Waals surface area contributed by atoms with E-state index in [9.17, 15) is 4.79 Å². The molecule has 19 heavy (non-hydrogen) atoms. The lowest BCUT2D eigenvalue weighted by molar-refractivity contribution is 0.0697. The van der Waals surface area contributed by atoms with E-state index in [2.05, 4.69) is 10.3 Å². The number of hydrogen-bond donors (Lipinski definition) is 2. The van der Waals surface area contributed by atoms with Gasteiger partial charge in [0, 0.05) is 5.69 Å². The van der Waals surface area contributed by atoms with Gasteiger partial charge in [0.25, 0.3) is 0 Å². The molecule has 0 fully saturated rings. The van der Waals surface area contributed by atoms with Crippen molar-refractivity contribution in [2.75, 3.05) is 5.32 Å². The van der Waals surface area contributed by atoms with Crippen LogP contribution in [0.3, 0.4) is 0 Å². The molecule has 2 N–H and O–H groups in total. The van der Waals surface area contributed by atoms with E-state index in [0.29, 0.717) is 17.3 Å². The second-order valence-corrected chi connectivity index (χ2v) is 4.53. The van der Waals surface area contributed by atoms with Crippen molar-refractivity contribution in [2.45, 2.75) is 13.5 Å². The Morgan fingerprint density at radius 2 is 2.16 bits per heavy atom. The summed E-state index contributed by atoms with van der Waals surface area (Å²) in [5.41, 5.74) is 2.71. The zero-order valence-electron chi connectivity index (χ0n) is 10.4. The minimum Gasteiger partial charge on any atom is -0.478 e. The molecule has 98 valence electrons. The third-order valence-corrected chi connectivity index (χ3v) is 2.93. The average molecular weight is 277 g/mol. The summed E-state index contributed by atoms with van der Waals surface area (Å²) in [6.07, 6.45) is 0. The maximum atomic E-state index is 10.8. The number of carboxylic acids is 1. The van der Waals surface area contributed by atoms with Gasteiger partial charge in [0.2, 0.25) is 0 Å². The van der Waals surface area contributed by atoms with E-state index in [-0.39, 0.29) is 5.56 Å². The van der Waals surface area contributed by atoms with Crippen molar-refractivity contribution in [3.63, 3.8) is 0 Å².